The molecule has 0 radical (unpaired) electrons. The molecule has 1 unspecified atom stereocenters. The second-order valence-electron chi connectivity index (χ2n) is 8.60. The third kappa shape index (κ3) is 6.49. The average molecular weight is 481 g/mol. The Hall–Kier alpha value is -2.57. The number of benzene rings is 2. The van der Waals surface area contributed by atoms with E-state index in [4.69, 9.17) is 16.6 Å². The lowest BCUT2D eigenvalue weighted by molar-refractivity contribution is 0.0940. The van der Waals surface area contributed by atoms with Gasteiger partial charge in [0.25, 0.3) is 5.91 Å². The average Bonchev–Trinajstić information content (AvgIpc) is 2.83. The zero-order chi connectivity index (χ0) is 23.2. The van der Waals surface area contributed by atoms with Crippen LogP contribution in [0.2, 0.25) is 5.15 Å². The number of amides is 1. The molecule has 7 heteroatoms. The normalized spacial score (nSPS) is 15.3. The van der Waals surface area contributed by atoms with Gasteiger partial charge in [-0.1, -0.05) is 72.8 Å². The number of anilines is 1. The number of carbonyl (C=O) groups excluding carboxylic acids is 1. The van der Waals surface area contributed by atoms with Crippen molar-refractivity contribution in [1.82, 2.24) is 15.3 Å². The SMILES string of the molecule is CC1CCN(c2cc(Cl)nc(SCc3cccc(C(=O)NC(C)c4ccccc4)c3)n2)CC1. The van der Waals surface area contributed by atoms with E-state index in [1.54, 1.807) is 0 Å². The molecule has 0 bridgehead atoms. The van der Waals surface area contributed by atoms with E-state index in [2.05, 4.69) is 22.1 Å². The molecular weight excluding hydrogens is 452 g/mol. The van der Waals surface area contributed by atoms with Gasteiger partial charge in [0, 0.05) is 30.5 Å². The number of piperidine rings is 1. The molecule has 33 heavy (non-hydrogen) atoms. The van der Waals surface area contributed by atoms with Crippen molar-refractivity contribution in [2.24, 2.45) is 5.92 Å². The zero-order valence-corrected chi connectivity index (χ0v) is 20.6. The lowest BCUT2D eigenvalue weighted by Gasteiger charge is -2.31. The van der Waals surface area contributed by atoms with Crippen molar-refractivity contribution in [3.63, 3.8) is 0 Å². The first-order valence-electron chi connectivity index (χ1n) is 11.3. The Morgan fingerprint density at radius 1 is 1.12 bits per heavy atom. The lowest BCUT2D eigenvalue weighted by atomic mass is 9.99. The molecule has 1 aromatic heterocycles. The third-order valence-corrected chi connectivity index (χ3v) is 7.08. The van der Waals surface area contributed by atoms with Gasteiger partial charge in [0.05, 0.1) is 6.04 Å². The first-order chi connectivity index (χ1) is 16.0. The number of thioether (sulfide) groups is 1. The lowest BCUT2D eigenvalue weighted by Crippen LogP contribution is -2.33. The highest BCUT2D eigenvalue weighted by Crippen LogP contribution is 2.27. The van der Waals surface area contributed by atoms with E-state index in [1.165, 1.54) is 24.6 Å². The second kappa shape index (κ2) is 11.0. The van der Waals surface area contributed by atoms with Gasteiger partial charge in [0.15, 0.2) is 5.16 Å². The minimum atomic E-state index is -0.0844. The summed E-state index contributed by atoms with van der Waals surface area (Å²) in [6.45, 7) is 6.28. The molecule has 4 rings (SSSR count). The maximum atomic E-state index is 12.8. The van der Waals surface area contributed by atoms with Crippen LogP contribution in [-0.4, -0.2) is 29.0 Å². The highest BCUT2D eigenvalue weighted by molar-refractivity contribution is 7.98. The highest BCUT2D eigenvalue weighted by Gasteiger charge is 2.18. The fourth-order valence-electron chi connectivity index (χ4n) is 3.90. The van der Waals surface area contributed by atoms with Gasteiger partial charge in [-0.05, 0) is 48.9 Å². The number of rotatable bonds is 7. The minimum Gasteiger partial charge on any atom is -0.356 e. The van der Waals surface area contributed by atoms with Crippen LogP contribution in [0.3, 0.4) is 0 Å². The molecule has 2 aromatic carbocycles. The van der Waals surface area contributed by atoms with E-state index >= 15 is 0 Å². The van der Waals surface area contributed by atoms with Gasteiger partial charge in [-0.15, -0.1) is 0 Å². The van der Waals surface area contributed by atoms with Crippen molar-refractivity contribution < 1.29 is 4.79 Å². The van der Waals surface area contributed by atoms with Gasteiger partial charge < -0.3 is 10.2 Å². The first kappa shape index (κ1) is 23.6. The number of halogens is 1. The third-order valence-electron chi connectivity index (χ3n) is 5.97. The quantitative estimate of drug-likeness (QED) is 0.249. The number of nitrogens with one attached hydrogen (secondary N) is 1. The molecule has 1 amide bonds. The van der Waals surface area contributed by atoms with Crippen molar-refractivity contribution in [3.8, 4) is 0 Å². The van der Waals surface area contributed by atoms with E-state index in [1.807, 2.05) is 67.6 Å². The molecule has 1 atom stereocenters. The number of nitrogens with zero attached hydrogens (tertiary/aromatic N) is 3. The Kier molecular flexibility index (Phi) is 7.89. The summed E-state index contributed by atoms with van der Waals surface area (Å²) in [6.07, 6.45) is 2.34. The molecule has 1 aliphatic heterocycles. The van der Waals surface area contributed by atoms with Crippen LogP contribution in [0.1, 0.15) is 54.2 Å². The number of aromatic nitrogens is 2. The largest absolute Gasteiger partial charge is 0.356 e. The van der Waals surface area contributed by atoms with Crippen molar-refractivity contribution >= 4 is 35.1 Å². The van der Waals surface area contributed by atoms with Gasteiger partial charge in [-0.2, -0.15) is 0 Å². The topological polar surface area (TPSA) is 58.1 Å². The molecule has 172 valence electrons. The second-order valence-corrected chi connectivity index (χ2v) is 9.93. The van der Waals surface area contributed by atoms with Crippen molar-refractivity contribution in [2.45, 2.75) is 43.6 Å². The van der Waals surface area contributed by atoms with E-state index in [0.717, 1.165) is 36.0 Å². The minimum absolute atomic E-state index is 0.0622. The Morgan fingerprint density at radius 3 is 2.64 bits per heavy atom. The summed E-state index contributed by atoms with van der Waals surface area (Å²) < 4.78 is 0. The molecule has 5 nitrogen and oxygen atoms in total. The van der Waals surface area contributed by atoms with Crippen molar-refractivity contribution in [3.05, 3.63) is 82.5 Å². The Bertz CT molecular complexity index is 1090. The first-order valence-corrected chi connectivity index (χ1v) is 12.7. The van der Waals surface area contributed by atoms with Gasteiger partial charge >= 0.3 is 0 Å². The standard InChI is InChI=1S/C26H29ClN4OS/c1-18-11-13-31(14-12-18)24-16-23(27)29-26(30-24)33-17-20-7-6-10-22(15-20)25(32)28-19(2)21-8-4-3-5-9-21/h3-10,15-16,18-19H,11-14,17H2,1-2H3,(H,28,32). The molecule has 1 N–H and O–H groups in total. The Balaban J connectivity index is 1.39. The fraction of sp³-hybridized carbons (Fsp3) is 0.346. The van der Waals surface area contributed by atoms with Crippen LogP contribution in [0.5, 0.6) is 0 Å². The summed E-state index contributed by atoms with van der Waals surface area (Å²) in [7, 11) is 0. The number of hydrogen-bond donors (Lipinski definition) is 1. The summed E-state index contributed by atoms with van der Waals surface area (Å²) in [6, 6.07) is 19.4. The summed E-state index contributed by atoms with van der Waals surface area (Å²) in [5.41, 5.74) is 2.76. The van der Waals surface area contributed by atoms with Crippen LogP contribution in [0.25, 0.3) is 0 Å². The summed E-state index contributed by atoms with van der Waals surface area (Å²) in [5, 5.41) is 4.19. The van der Waals surface area contributed by atoms with Crippen molar-refractivity contribution in [1.29, 1.82) is 0 Å². The Morgan fingerprint density at radius 2 is 1.88 bits per heavy atom. The predicted octanol–water partition coefficient (Wildman–Crippen LogP) is 6.15. The smallest absolute Gasteiger partial charge is 0.251 e. The van der Waals surface area contributed by atoms with Gasteiger partial charge in [-0.3, -0.25) is 4.79 Å². The molecule has 0 aliphatic carbocycles. The monoisotopic (exact) mass is 480 g/mol. The van der Waals surface area contributed by atoms with Crippen LogP contribution in [0.4, 0.5) is 5.82 Å². The van der Waals surface area contributed by atoms with Crippen LogP contribution >= 0.6 is 23.4 Å². The summed E-state index contributed by atoms with van der Waals surface area (Å²) >= 11 is 7.83. The predicted molar refractivity (Wildman–Crippen MR) is 136 cm³/mol. The zero-order valence-electron chi connectivity index (χ0n) is 19.0. The van der Waals surface area contributed by atoms with E-state index < -0.39 is 0 Å². The fourth-order valence-corrected chi connectivity index (χ4v) is 4.93. The molecule has 0 spiro atoms. The van der Waals surface area contributed by atoms with Gasteiger partial charge in [0.2, 0.25) is 0 Å². The van der Waals surface area contributed by atoms with Crippen LogP contribution < -0.4 is 10.2 Å². The van der Waals surface area contributed by atoms with E-state index in [-0.39, 0.29) is 11.9 Å². The molecule has 1 fully saturated rings. The maximum Gasteiger partial charge on any atom is 0.251 e. The van der Waals surface area contributed by atoms with Crippen LogP contribution in [0.15, 0.2) is 65.8 Å². The van der Waals surface area contributed by atoms with E-state index in [9.17, 15) is 4.79 Å². The Labute approximate surface area is 205 Å². The number of carbonyl (C=O) groups is 1. The van der Waals surface area contributed by atoms with Crippen molar-refractivity contribution in [2.75, 3.05) is 18.0 Å². The van der Waals surface area contributed by atoms with Gasteiger partial charge in [0.1, 0.15) is 11.0 Å². The maximum absolute atomic E-state index is 12.8. The molecule has 0 saturated carbocycles. The molecule has 2 heterocycles. The van der Waals surface area contributed by atoms with Crippen LogP contribution in [0, 0.1) is 5.92 Å². The van der Waals surface area contributed by atoms with Gasteiger partial charge in [-0.25, -0.2) is 9.97 Å². The molecule has 3 aromatic rings. The molecule has 1 aliphatic rings. The van der Waals surface area contributed by atoms with Crippen LogP contribution in [-0.2, 0) is 5.75 Å². The molecular formula is C26H29ClN4OS. The number of hydrogen-bond acceptors (Lipinski definition) is 5. The summed E-state index contributed by atoms with van der Waals surface area (Å²) in [4.78, 5) is 24.2. The molecule has 1 saturated heterocycles. The highest BCUT2D eigenvalue weighted by atomic mass is 35.5. The summed E-state index contributed by atoms with van der Waals surface area (Å²) in [5.74, 6) is 2.23. The van der Waals surface area contributed by atoms with E-state index in [0.29, 0.717) is 21.6 Å².